The van der Waals surface area contributed by atoms with Gasteiger partial charge in [0.1, 0.15) is 0 Å². The van der Waals surface area contributed by atoms with Crippen LogP contribution in [0.25, 0.3) is 0 Å². The van der Waals surface area contributed by atoms with E-state index in [9.17, 15) is 4.79 Å². The minimum Gasteiger partial charge on any atom is -0.356 e. The van der Waals surface area contributed by atoms with Crippen molar-refractivity contribution < 1.29 is 4.79 Å². The van der Waals surface area contributed by atoms with Gasteiger partial charge in [0, 0.05) is 18.8 Å². The molecule has 0 aromatic heterocycles. The number of fused-ring (bicyclic) bond motifs is 2. The Morgan fingerprint density at radius 1 is 1.39 bits per heavy atom. The number of alkyl halides is 1. The van der Waals surface area contributed by atoms with Crippen LogP contribution in [-0.2, 0) is 4.79 Å². The third kappa shape index (κ3) is 3.88. The Morgan fingerprint density at radius 2 is 2.22 bits per heavy atom. The van der Waals surface area contributed by atoms with Crippen molar-refractivity contribution in [2.75, 3.05) is 12.4 Å². The standard InChI is InChI=1S/C15H26ClNO/c1-11(10-16)3-2-6-17-15(18)9-14-8-12-4-5-13(14)7-12/h11-14H,2-10H2,1H3,(H,17,18). The molecule has 0 aromatic carbocycles. The Bertz CT molecular complexity index is 282. The maximum Gasteiger partial charge on any atom is 0.220 e. The fraction of sp³-hybridized carbons (Fsp3) is 0.933. The normalized spacial score (nSPS) is 31.6. The second-order valence-corrected chi connectivity index (χ2v) is 6.70. The molecule has 18 heavy (non-hydrogen) atoms. The van der Waals surface area contributed by atoms with E-state index < -0.39 is 0 Å². The van der Waals surface area contributed by atoms with Crippen LogP contribution in [0.3, 0.4) is 0 Å². The molecule has 2 nitrogen and oxygen atoms in total. The smallest absolute Gasteiger partial charge is 0.220 e. The van der Waals surface area contributed by atoms with Gasteiger partial charge in [0.25, 0.3) is 0 Å². The molecule has 2 saturated carbocycles. The lowest BCUT2D eigenvalue weighted by atomic mass is 9.86. The van der Waals surface area contributed by atoms with E-state index in [0.29, 0.717) is 11.8 Å². The van der Waals surface area contributed by atoms with Gasteiger partial charge < -0.3 is 5.32 Å². The van der Waals surface area contributed by atoms with Gasteiger partial charge >= 0.3 is 0 Å². The summed E-state index contributed by atoms with van der Waals surface area (Å²) in [5.74, 6) is 4.04. The molecule has 104 valence electrons. The number of nitrogens with one attached hydrogen (secondary N) is 1. The van der Waals surface area contributed by atoms with Gasteiger partial charge in [0.05, 0.1) is 0 Å². The van der Waals surface area contributed by atoms with E-state index in [0.717, 1.165) is 43.5 Å². The number of hydrogen-bond acceptors (Lipinski definition) is 1. The Labute approximate surface area is 116 Å². The predicted octanol–water partition coefficient (Wildman–Crippen LogP) is 3.58. The zero-order chi connectivity index (χ0) is 13.0. The molecule has 2 aliphatic carbocycles. The van der Waals surface area contributed by atoms with Crippen LogP contribution in [0.2, 0.25) is 0 Å². The summed E-state index contributed by atoms with van der Waals surface area (Å²) in [6, 6.07) is 0. The molecule has 2 rings (SSSR count). The monoisotopic (exact) mass is 271 g/mol. The van der Waals surface area contributed by atoms with E-state index in [-0.39, 0.29) is 5.91 Å². The van der Waals surface area contributed by atoms with E-state index >= 15 is 0 Å². The summed E-state index contributed by atoms with van der Waals surface area (Å²) in [7, 11) is 0. The maximum atomic E-state index is 11.9. The van der Waals surface area contributed by atoms with Crippen molar-refractivity contribution in [3.63, 3.8) is 0 Å². The number of carbonyl (C=O) groups excluding carboxylic acids is 1. The third-order valence-electron chi connectivity index (χ3n) is 4.79. The average molecular weight is 272 g/mol. The third-order valence-corrected chi connectivity index (χ3v) is 5.32. The molecule has 1 N–H and O–H groups in total. The molecule has 2 bridgehead atoms. The highest BCUT2D eigenvalue weighted by molar-refractivity contribution is 6.18. The summed E-state index contributed by atoms with van der Waals surface area (Å²) in [4.78, 5) is 11.9. The average Bonchev–Trinajstić information content (AvgIpc) is 2.96. The molecule has 2 aliphatic rings. The topological polar surface area (TPSA) is 29.1 Å². The maximum absolute atomic E-state index is 11.9. The molecule has 0 aromatic rings. The van der Waals surface area contributed by atoms with Crippen LogP contribution in [0.4, 0.5) is 0 Å². The largest absolute Gasteiger partial charge is 0.356 e. The zero-order valence-electron chi connectivity index (χ0n) is 11.5. The first kappa shape index (κ1) is 14.2. The summed E-state index contributed by atoms with van der Waals surface area (Å²) in [5, 5.41) is 3.07. The van der Waals surface area contributed by atoms with Gasteiger partial charge in [0.15, 0.2) is 0 Å². The van der Waals surface area contributed by atoms with Crippen molar-refractivity contribution in [1.82, 2.24) is 5.32 Å². The van der Waals surface area contributed by atoms with Crippen LogP contribution in [0, 0.1) is 23.7 Å². The van der Waals surface area contributed by atoms with E-state index in [1.807, 2.05) is 0 Å². The first-order valence-electron chi connectivity index (χ1n) is 7.51. The van der Waals surface area contributed by atoms with Crippen molar-refractivity contribution in [2.24, 2.45) is 23.7 Å². The highest BCUT2D eigenvalue weighted by Crippen LogP contribution is 2.49. The van der Waals surface area contributed by atoms with E-state index in [1.165, 1.54) is 25.7 Å². The summed E-state index contributed by atoms with van der Waals surface area (Å²) in [6.45, 7) is 2.98. The van der Waals surface area contributed by atoms with Gasteiger partial charge in [0.2, 0.25) is 5.91 Å². The molecule has 0 heterocycles. The first-order chi connectivity index (χ1) is 8.69. The molecule has 0 saturated heterocycles. The van der Waals surface area contributed by atoms with Crippen molar-refractivity contribution in [1.29, 1.82) is 0 Å². The number of hydrogen-bond donors (Lipinski definition) is 1. The van der Waals surface area contributed by atoms with Gasteiger partial charge in [-0.05, 0) is 55.8 Å². The lowest BCUT2D eigenvalue weighted by Gasteiger charge is -2.20. The Kier molecular flexibility index (Phi) is 5.35. The Morgan fingerprint density at radius 3 is 2.83 bits per heavy atom. The van der Waals surface area contributed by atoms with Gasteiger partial charge in [-0.2, -0.15) is 0 Å². The SMILES string of the molecule is CC(CCl)CCCNC(=O)CC1CC2CCC1C2. The van der Waals surface area contributed by atoms with Gasteiger partial charge in [-0.3, -0.25) is 4.79 Å². The molecule has 4 atom stereocenters. The van der Waals surface area contributed by atoms with Crippen molar-refractivity contribution in [2.45, 2.75) is 51.9 Å². The summed E-state index contributed by atoms with van der Waals surface area (Å²) >= 11 is 5.76. The highest BCUT2D eigenvalue weighted by atomic mass is 35.5. The van der Waals surface area contributed by atoms with Crippen LogP contribution in [0.1, 0.15) is 51.9 Å². The molecule has 2 fully saturated rings. The van der Waals surface area contributed by atoms with Crippen molar-refractivity contribution in [3.05, 3.63) is 0 Å². The highest BCUT2D eigenvalue weighted by Gasteiger charge is 2.39. The summed E-state index contributed by atoms with van der Waals surface area (Å²) < 4.78 is 0. The van der Waals surface area contributed by atoms with Crippen LogP contribution in [0.15, 0.2) is 0 Å². The van der Waals surface area contributed by atoms with Gasteiger partial charge in [-0.25, -0.2) is 0 Å². The second-order valence-electron chi connectivity index (χ2n) is 6.39. The quantitative estimate of drug-likeness (QED) is 0.556. The van der Waals surface area contributed by atoms with E-state index in [2.05, 4.69) is 12.2 Å². The zero-order valence-corrected chi connectivity index (χ0v) is 12.2. The summed E-state index contributed by atoms with van der Waals surface area (Å²) in [6.07, 6.45) is 8.42. The minimum atomic E-state index is 0.270. The first-order valence-corrected chi connectivity index (χ1v) is 8.05. The fourth-order valence-corrected chi connectivity index (χ4v) is 3.85. The Balaban J connectivity index is 1.55. The number of amides is 1. The molecule has 0 aliphatic heterocycles. The lowest BCUT2D eigenvalue weighted by Crippen LogP contribution is -2.28. The van der Waals surface area contributed by atoms with Crippen molar-refractivity contribution >= 4 is 17.5 Å². The second kappa shape index (κ2) is 6.79. The molecule has 1 amide bonds. The van der Waals surface area contributed by atoms with Crippen LogP contribution < -0.4 is 5.32 Å². The lowest BCUT2D eigenvalue weighted by molar-refractivity contribution is -0.122. The molecule has 0 radical (unpaired) electrons. The van der Waals surface area contributed by atoms with Gasteiger partial charge in [-0.1, -0.05) is 13.3 Å². The van der Waals surface area contributed by atoms with Crippen LogP contribution in [0.5, 0.6) is 0 Å². The Hall–Kier alpha value is -0.240. The van der Waals surface area contributed by atoms with Gasteiger partial charge in [-0.15, -0.1) is 11.6 Å². The number of halogens is 1. The van der Waals surface area contributed by atoms with E-state index in [1.54, 1.807) is 0 Å². The molecule has 0 spiro atoms. The van der Waals surface area contributed by atoms with Crippen molar-refractivity contribution in [3.8, 4) is 0 Å². The van der Waals surface area contributed by atoms with Crippen LogP contribution in [-0.4, -0.2) is 18.3 Å². The fourth-order valence-electron chi connectivity index (χ4n) is 3.69. The minimum absolute atomic E-state index is 0.270. The molecular formula is C15H26ClNO. The predicted molar refractivity (Wildman–Crippen MR) is 75.7 cm³/mol. The molecular weight excluding hydrogens is 246 g/mol. The summed E-state index contributed by atoms with van der Waals surface area (Å²) in [5.41, 5.74) is 0. The number of carbonyl (C=O) groups is 1. The van der Waals surface area contributed by atoms with Crippen LogP contribution >= 0.6 is 11.6 Å². The van der Waals surface area contributed by atoms with E-state index in [4.69, 9.17) is 11.6 Å². The molecule has 4 unspecified atom stereocenters. The number of rotatable bonds is 7. The molecule has 3 heteroatoms.